The summed E-state index contributed by atoms with van der Waals surface area (Å²) in [7, 11) is 0. The molecule has 0 aromatic heterocycles. The summed E-state index contributed by atoms with van der Waals surface area (Å²) in [5.41, 5.74) is 4.14. The van der Waals surface area contributed by atoms with E-state index < -0.39 is 0 Å². The first-order valence-electron chi connectivity index (χ1n) is 4.94. The van der Waals surface area contributed by atoms with Crippen LogP contribution < -0.4 is 0 Å². The molecule has 1 heterocycles. The van der Waals surface area contributed by atoms with Crippen molar-refractivity contribution >= 4 is 5.71 Å². The van der Waals surface area contributed by atoms with E-state index in [1.54, 1.807) is 0 Å². The number of aliphatic imine (C=N–C) groups is 1. The van der Waals surface area contributed by atoms with Gasteiger partial charge in [0.1, 0.15) is 0 Å². The number of hydrogen-bond acceptors (Lipinski definition) is 1. The van der Waals surface area contributed by atoms with Gasteiger partial charge in [0.15, 0.2) is 0 Å². The van der Waals surface area contributed by atoms with Crippen LogP contribution in [0.15, 0.2) is 40.6 Å². The second-order valence-corrected chi connectivity index (χ2v) is 3.71. The van der Waals surface area contributed by atoms with Gasteiger partial charge in [0.2, 0.25) is 0 Å². The molecule has 0 saturated carbocycles. The molecule has 0 spiro atoms. The van der Waals surface area contributed by atoms with Crippen molar-refractivity contribution in [1.29, 1.82) is 0 Å². The molecule has 68 valence electrons. The molecule has 1 heteroatoms. The molecule has 0 saturated heterocycles. The maximum atomic E-state index is 4.49. The molecule has 0 amide bonds. The first-order valence-corrected chi connectivity index (χ1v) is 4.94. The standard InChI is InChI=1S/C12H15N/c1-10-7-8-12(13-9-10)11-5-3-2-4-6-11/h2-3,5,9H,4,6-8H2,1H3. The molecule has 0 bridgehead atoms. The molecule has 0 aromatic rings. The third kappa shape index (κ3) is 1.97. The summed E-state index contributed by atoms with van der Waals surface area (Å²) in [5.74, 6) is 0. The fraction of sp³-hybridized carbons (Fsp3) is 0.417. The van der Waals surface area contributed by atoms with Gasteiger partial charge in [0, 0.05) is 11.9 Å². The van der Waals surface area contributed by atoms with E-state index in [1.807, 2.05) is 6.20 Å². The van der Waals surface area contributed by atoms with Gasteiger partial charge in [0.25, 0.3) is 0 Å². The van der Waals surface area contributed by atoms with E-state index >= 15 is 0 Å². The van der Waals surface area contributed by atoms with Crippen molar-refractivity contribution in [1.82, 2.24) is 0 Å². The van der Waals surface area contributed by atoms with Crippen molar-refractivity contribution in [2.45, 2.75) is 32.6 Å². The zero-order valence-corrected chi connectivity index (χ0v) is 8.09. The zero-order chi connectivity index (χ0) is 9.10. The third-order valence-corrected chi connectivity index (χ3v) is 2.58. The van der Waals surface area contributed by atoms with Gasteiger partial charge < -0.3 is 0 Å². The van der Waals surface area contributed by atoms with E-state index in [2.05, 4.69) is 30.1 Å². The lowest BCUT2D eigenvalue weighted by Gasteiger charge is -2.15. The highest BCUT2D eigenvalue weighted by atomic mass is 14.7. The molecule has 0 N–H and O–H groups in total. The van der Waals surface area contributed by atoms with Crippen LogP contribution in [0.5, 0.6) is 0 Å². The largest absolute Gasteiger partial charge is 0.261 e. The Hall–Kier alpha value is -1.11. The average molecular weight is 173 g/mol. The van der Waals surface area contributed by atoms with Crippen LogP contribution in [0.1, 0.15) is 32.6 Å². The zero-order valence-electron chi connectivity index (χ0n) is 8.09. The summed E-state index contributed by atoms with van der Waals surface area (Å²) >= 11 is 0. The lowest BCUT2D eigenvalue weighted by atomic mass is 9.95. The number of hydrogen-bond donors (Lipinski definition) is 0. The Morgan fingerprint density at radius 1 is 1.23 bits per heavy atom. The summed E-state index contributed by atoms with van der Waals surface area (Å²) in [6, 6.07) is 0. The van der Waals surface area contributed by atoms with E-state index in [9.17, 15) is 0 Å². The second kappa shape index (κ2) is 3.73. The van der Waals surface area contributed by atoms with E-state index in [1.165, 1.54) is 36.1 Å². The van der Waals surface area contributed by atoms with Gasteiger partial charge in [-0.05, 0) is 38.2 Å². The monoisotopic (exact) mass is 173 g/mol. The summed E-state index contributed by atoms with van der Waals surface area (Å²) in [6.07, 6.45) is 13.2. The molecule has 1 aliphatic carbocycles. The van der Waals surface area contributed by atoms with Gasteiger partial charge >= 0.3 is 0 Å². The van der Waals surface area contributed by atoms with Gasteiger partial charge in [-0.2, -0.15) is 0 Å². The summed E-state index contributed by atoms with van der Waals surface area (Å²) in [6.45, 7) is 2.15. The Balaban J connectivity index is 2.17. The summed E-state index contributed by atoms with van der Waals surface area (Å²) < 4.78 is 0. The van der Waals surface area contributed by atoms with Gasteiger partial charge in [-0.3, -0.25) is 4.99 Å². The van der Waals surface area contributed by atoms with Crippen LogP contribution in [0.25, 0.3) is 0 Å². The fourth-order valence-corrected chi connectivity index (χ4v) is 1.72. The van der Waals surface area contributed by atoms with Crippen molar-refractivity contribution in [2.24, 2.45) is 4.99 Å². The van der Waals surface area contributed by atoms with Crippen LogP contribution in [0.2, 0.25) is 0 Å². The lowest BCUT2D eigenvalue weighted by molar-refractivity contribution is 0.939. The van der Waals surface area contributed by atoms with E-state index in [0.29, 0.717) is 0 Å². The highest BCUT2D eigenvalue weighted by Crippen LogP contribution is 2.21. The maximum absolute atomic E-state index is 4.49. The highest BCUT2D eigenvalue weighted by molar-refractivity contribution is 6.01. The molecule has 2 aliphatic rings. The van der Waals surface area contributed by atoms with Crippen molar-refractivity contribution in [3.05, 3.63) is 35.6 Å². The van der Waals surface area contributed by atoms with Crippen LogP contribution >= 0.6 is 0 Å². The van der Waals surface area contributed by atoms with Crippen LogP contribution in [0, 0.1) is 0 Å². The second-order valence-electron chi connectivity index (χ2n) is 3.71. The maximum Gasteiger partial charge on any atom is 0.0438 e. The molecule has 0 unspecified atom stereocenters. The molecule has 1 nitrogen and oxygen atoms in total. The Bertz CT molecular complexity index is 316. The lowest BCUT2D eigenvalue weighted by Crippen LogP contribution is -2.07. The van der Waals surface area contributed by atoms with Gasteiger partial charge in [-0.25, -0.2) is 0 Å². The van der Waals surface area contributed by atoms with Gasteiger partial charge in [0.05, 0.1) is 0 Å². The summed E-state index contributed by atoms with van der Waals surface area (Å²) in [5, 5.41) is 0. The van der Waals surface area contributed by atoms with E-state index in [-0.39, 0.29) is 0 Å². The minimum absolute atomic E-state index is 1.13. The van der Waals surface area contributed by atoms with Gasteiger partial charge in [-0.15, -0.1) is 0 Å². The van der Waals surface area contributed by atoms with Crippen molar-refractivity contribution < 1.29 is 0 Å². The first kappa shape index (κ1) is 8.49. The number of allylic oxidation sites excluding steroid dienone is 5. The quantitative estimate of drug-likeness (QED) is 0.576. The SMILES string of the molecule is CC1=CN=C(C2=CC=CCC2)CC1. The average Bonchev–Trinajstić information content (AvgIpc) is 2.20. The van der Waals surface area contributed by atoms with Crippen LogP contribution in [0.4, 0.5) is 0 Å². The van der Waals surface area contributed by atoms with Crippen molar-refractivity contribution in [3.63, 3.8) is 0 Å². The Labute approximate surface area is 79.6 Å². The van der Waals surface area contributed by atoms with Crippen molar-refractivity contribution in [2.75, 3.05) is 0 Å². The van der Waals surface area contributed by atoms with Gasteiger partial charge in [-0.1, -0.05) is 23.8 Å². The topological polar surface area (TPSA) is 12.4 Å². The molecule has 0 fully saturated rings. The normalized spacial score (nSPS) is 22.1. The van der Waals surface area contributed by atoms with E-state index in [4.69, 9.17) is 0 Å². The molecule has 13 heavy (non-hydrogen) atoms. The molecule has 0 radical (unpaired) electrons. The smallest absolute Gasteiger partial charge is 0.0438 e. The first-order chi connectivity index (χ1) is 6.36. The third-order valence-electron chi connectivity index (χ3n) is 2.58. The molecule has 0 aromatic carbocycles. The predicted molar refractivity (Wildman–Crippen MR) is 56.9 cm³/mol. The Morgan fingerprint density at radius 2 is 2.15 bits per heavy atom. The van der Waals surface area contributed by atoms with Crippen LogP contribution in [0.3, 0.4) is 0 Å². The Morgan fingerprint density at radius 3 is 2.77 bits per heavy atom. The molecular formula is C12H15N. The summed E-state index contributed by atoms with van der Waals surface area (Å²) in [4.78, 5) is 4.49. The molecule has 0 atom stereocenters. The Kier molecular flexibility index (Phi) is 2.44. The predicted octanol–water partition coefficient (Wildman–Crippen LogP) is 3.40. The van der Waals surface area contributed by atoms with Crippen LogP contribution in [-0.2, 0) is 0 Å². The highest BCUT2D eigenvalue weighted by Gasteiger charge is 2.10. The van der Waals surface area contributed by atoms with Crippen molar-refractivity contribution in [3.8, 4) is 0 Å². The minimum Gasteiger partial charge on any atom is -0.261 e. The minimum atomic E-state index is 1.13. The number of rotatable bonds is 1. The molecular weight excluding hydrogens is 158 g/mol. The fourth-order valence-electron chi connectivity index (χ4n) is 1.72. The number of nitrogens with zero attached hydrogens (tertiary/aromatic N) is 1. The molecule has 2 rings (SSSR count). The van der Waals surface area contributed by atoms with Crippen LogP contribution in [-0.4, -0.2) is 5.71 Å². The van der Waals surface area contributed by atoms with E-state index in [0.717, 1.165) is 6.42 Å². The molecule has 1 aliphatic heterocycles.